The van der Waals surface area contributed by atoms with Gasteiger partial charge in [-0.2, -0.15) is 0 Å². The monoisotopic (exact) mass is 332 g/mol. The van der Waals surface area contributed by atoms with Gasteiger partial charge in [0.1, 0.15) is 5.75 Å². The molecular weight excluding hydrogens is 300 g/mol. The van der Waals surface area contributed by atoms with Crippen molar-refractivity contribution < 1.29 is 9.47 Å². The number of aryl methyl sites for hydroxylation is 1. The van der Waals surface area contributed by atoms with E-state index >= 15 is 0 Å². The van der Waals surface area contributed by atoms with Crippen LogP contribution in [0.1, 0.15) is 30.9 Å². The van der Waals surface area contributed by atoms with E-state index in [1.54, 1.807) is 7.11 Å². The molecule has 0 saturated carbocycles. The summed E-state index contributed by atoms with van der Waals surface area (Å²) < 4.78 is 10.8. The SMILES string of the molecule is COc1ccc(CN2CCC(C(C)N3CCOCC3)CC2)cc1C. The van der Waals surface area contributed by atoms with Crippen molar-refractivity contribution in [3.05, 3.63) is 29.3 Å². The Balaban J connectivity index is 1.49. The van der Waals surface area contributed by atoms with Crippen LogP contribution in [0.2, 0.25) is 0 Å². The second-order valence-corrected chi connectivity index (χ2v) is 7.31. The van der Waals surface area contributed by atoms with Crippen molar-refractivity contribution in [1.29, 1.82) is 0 Å². The number of piperidine rings is 1. The van der Waals surface area contributed by atoms with E-state index in [0.717, 1.165) is 44.5 Å². The third-order valence-electron chi connectivity index (χ3n) is 5.80. The molecule has 134 valence electrons. The molecule has 1 aromatic rings. The molecule has 1 aromatic carbocycles. The number of nitrogens with zero attached hydrogens (tertiary/aromatic N) is 2. The predicted octanol–water partition coefficient (Wildman–Crippen LogP) is 2.94. The highest BCUT2D eigenvalue weighted by atomic mass is 16.5. The van der Waals surface area contributed by atoms with Crippen LogP contribution >= 0.6 is 0 Å². The molecular formula is C20H32N2O2. The Morgan fingerprint density at radius 2 is 1.88 bits per heavy atom. The highest BCUT2D eigenvalue weighted by Crippen LogP contribution is 2.26. The average Bonchev–Trinajstić information content (AvgIpc) is 2.63. The molecule has 4 heteroatoms. The minimum absolute atomic E-state index is 0.694. The normalized spacial score (nSPS) is 22.5. The first kappa shape index (κ1) is 17.7. The van der Waals surface area contributed by atoms with Crippen LogP contribution in [0.3, 0.4) is 0 Å². The van der Waals surface area contributed by atoms with Gasteiger partial charge in [-0.3, -0.25) is 9.80 Å². The molecule has 0 bridgehead atoms. The Kier molecular flexibility index (Phi) is 6.14. The van der Waals surface area contributed by atoms with Gasteiger partial charge >= 0.3 is 0 Å². The summed E-state index contributed by atoms with van der Waals surface area (Å²) in [5.41, 5.74) is 2.62. The summed E-state index contributed by atoms with van der Waals surface area (Å²) in [4.78, 5) is 5.22. The van der Waals surface area contributed by atoms with E-state index in [1.165, 1.54) is 37.1 Å². The number of rotatable bonds is 5. The predicted molar refractivity (Wildman–Crippen MR) is 97.6 cm³/mol. The Morgan fingerprint density at radius 3 is 2.50 bits per heavy atom. The lowest BCUT2D eigenvalue weighted by Crippen LogP contribution is -2.48. The minimum atomic E-state index is 0.694. The lowest BCUT2D eigenvalue weighted by Gasteiger charge is -2.41. The second-order valence-electron chi connectivity index (χ2n) is 7.31. The quantitative estimate of drug-likeness (QED) is 0.828. The summed E-state index contributed by atoms with van der Waals surface area (Å²) in [5.74, 6) is 1.81. The van der Waals surface area contributed by atoms with Crippen LogP contribution in [0.15, 0.2) is 18.2 Å². The molecule has 2 aliphatic rings. The molecule has 2 fully saturated rings. The van der Waals surface area contributed by atoms with E-state index in [1.807, 2.05) is 0 Å². The fraction of sp³-hybridized carbons (Fsp3) is 0.700. The van der Waals surface area contributed by atoms with Crippen molar-refractivity contribution in [2.45, 2.75) is 39.3 Å². The minimum Gasteiger partial charge on any atom is -0.496 e. The van der Waals surface area contributed by atoms with Gasteiger partial charge < -0.3 is 9.47 Å². The molecule has 3 rings (SSSR count). The number of likely N-dealkylation sites (tertiary alicyclic amines) is 1. The molecule has 0 N–H and O–H groups in total. The van der Waals surface area contributed by atoms with Crippen LogP contribution in [0.25, 0.3) is 0 Å². The number of methoxy groups -OCH3 is 1. The third-order valence-corrected chi connectivity index (χ3v) is 5.80. The van der Waals surface area contributed by atoms with Crippen molar-refractivity contribution >= 4 is 0 Å². The number of hydrogen-bond donors (Lipinski definition) is 0. The van der Waals surface area contributed by atoms with Crippen LogP contribution in [0.5, 0.6) is 5.75 Å². The standard InChI is InChI=1S/C20H32N2O2/c1-16-14-18(4-5-20(16)23-3)15-21-8-6-19(7-9-21)17(2)22-10-12-24-13-11-22/h4-5,14,17,19H,6-13,15H2,1-3H3. The van der Waals surface area contributed by atoms with Crippen molar-refractivity contribution in [3.63, 3.8) is 0 Å². The van der Waals surface area contributed by atoms with Crippen molar-refractivity contribution in [1.82, 2.24) is 9.80 Å². The number of benzene rings is 1. The van der Waals surface area contributed by atoms with Gasteiger partial charge in [-0.25, -0.2) is 0 Å². The van der Waals surface area contributed by atoms with Crippen LogP contribution in [-0.2, 0) is 11.3 Å². The van der Waals surface area contributed by atoms with Gasteiger partial charge in [0.2, 0.25) is 0 Å². The lowest BCUT2D eigenvalue weighted by molar-refractivity contribution is -0.00192. The molecule has 2 heterocycles. The van der Waals surface area contributed by atoms with E-state index in [-0.39, 0.29) is 0 Å². The van der Waals surface area contributed by atoms with E-state index in [9.17, 15) is 0 Å². The molecule has 0 amide bonds. The van der Waals surface area contributed by atoms with Gasteiger partial charge in [0.15, 0.2) is 0 Å². The Labute approximate surface area is 146 Å². The van der Waals surface area contributed by atoms with Gasteiger partial charge in [-0.15, -0.1) is 0 Å². The summed E-state index contributed by atoms with van der Waals surface area (Å²) in [6.07, 6.45) is 2.63. The van der Waals surface area contributed by atoms with E-state index < -0.39 is 0 Å². The summed E-state index contributed by atoms with van der Waals surface area (Å²) in [5, 5.41) is 0. The van der Waals surface area contributed by atoms with Crippen molar-refractivity contribution in [2.75, 3.05) is 46.5 Å². The molecule has 0 aliphatic carbocycles. The largest absolute Gasteiger partial charge is 0.496 e. The fourth-order valence-electron chi connectivity index (χ4n) is 4.17. The average molecular weight is 332 g/mol. The third kappa shape index (κ3) is 4.29. The zero-order chi connectivity index (χ0) is 16.9. The van der Waals surface area contributed by atoms with Crippen LogP contribution < -0.4 is 4.74 Å². The zero-order valence-corrected chi connectivity index (χ0v) is 15.5. The zero-order valence-electron chi connectivity index (χ0n) is 15.5. The van der Waals surface area contributed by atoms with Crippen LogP contribution in [0, 0.1) is 12.8 Å². The van der Waals surface area contributed by atoms with Gasteiger partial charge in [-0.1, -0.05) is 12.1 Å². The van der Waals surface area contributed by atoms with E-state index in [2.05, 4.69) is 41.8 Å². The molecule has 0 radical (unpaired) electrons. The molecule has 4 nitrogen and oxygen atoms in total. The highest BCUT2D eigenvalue weighted by Gasteiger charge is 2.28. The molecule has 0 aromatic heterocycles. The molecule has 1 unspecified atom stereocenters. The maximum atomic E-state index is 5.49. The first-order valence-electron chi connectivity index (χ1n) is 9.35. The molecule has 2 aliphatic heterocycles. The Hall–Kier alpha value is -1.10. The molecule has 2 saturated heterocycles. The topological polar surface area (TPSA) is 24.9 Å². The number of morpholine rings is 1. The summed E-state index contributed by atoms with van der Waals surface area (Å²) in [7, 11) is 1.74. The maximum Gasteiger partial charge on any atom is 0.121 e. The molecule has 0 spiro atoms. The number of hydrogen-bond acceptors (Lipinski definition) is 4. The Bertz CT molecular complexity index is 520. The van der Waals surface area contributed by atoms with Gasteiger partial charge in [-0.05, 0) is 62.9 Å². The molecule has 1 atom stereocenters. The van der Waals surface area contributed by atoms with Crippen molar-refractivity contribution in [2.24, 2.45) is 5.92 Å². The molecule has 24 heavy (non-hydrogen) atoms. The second kappa shape index (κ2) is 8.32. The number of ether oxygens (including phenoxy) is 2. The van der Waals surface area contributed by atoms with Crippen LogP contribution in [-0.4, -0.2) is 62.3 Å². The summed E-state index contributed by atoms with van der Waals surface area (Å²) >= 11 is 0. The van der Waals surface area contributed by atoms with E-state index in [4.69, 9.17) is 9.47 Å². The summed E-state index contributed by atoms with van der Waals surface area (Å²) in [6.45, 7) is 12.0. The summed E-state index contributed by atoms with van der Waals surface area (Å²) in [6, 6.07) is 7.26. The maximum absolute atomic E-state index is 5.49. The van der Waals surface area contributed by atoms with E-state index in [0.29, 0.717) is 6.04 Å². The van der Waals surface area contributed by atoms with Gasteiger partial charge in [0.25, 0.3) is 0 Å². The lowest BCUT2D eigenvalue weighted by atomic mass is 9.89. The van der Waals surface area contributed by atoms with Gasteiger partial charge in [0, 0.05) is 25.7 Å². The first-order valence-corrected chi connectivity index (χ1v) is 9.35. The highest BCUT2D eigenvalue weighted by molar-refractivity contribution is 5.36. The van der Waals surface area contributed by atoms with Gasteiger partial charge in [0.05, 0.1) is 20.3 Å². The smallest absolute Gasteiger partial charge is 0.121 e. The van der Waals surface area contributed by atoms with Crippen molar-refractivity contribution in [3.8, 4) is 5.75 Å². The fourth-order valence-corrected chi connectivity index (χ4v) is 4.17. The van der Waals surface area contributed by atoms with Crippen LogP contribution in [0.4, 0.5) is 0 Å². The first-order chi connectivity index (χ1) is 11.7. The Morgan fingerprint density at radius 1 is 1.17 bits per heavy atom.